The van der Waals surface area contributed by atoms with E-state index in [4.69, 9.17) is 14.2 Å². The van der Waals surface area contributed by atoms with Gasteiger partial charge in [0.2, 0.25) is 0 Å². The van der Waals surface area contributed by atoms with Crippen LogP contribution in [-0.2, 0) is 20.8 Å². The van der Waals surface area contributed by atoms with Gasteiger partial charge in [0.1, 0.15) is 5.69 Å². The second-order valence-corrected chi connectivity index (χ2v) is 8.10. The first kappa shape index (κ1) is 22.2. The van der Waals surface area contributed by atoms with E-state index in [1.807, 2.05) is 6.92 Å². The first-order valence-electron chi connectivity index (χ1n) is 10.9. The third-order valence-electron chi connectivity index (χ3n) is 5.91. The van der Waals surface area contributed by atoms with E-state index in [0.29, 0.717) is 24.8 Å². The van der Waals surface area contributed by atoms with Gasteiger partial charge in [0.05, 0.1) is 25.5 Å². The molecule has 1 unspecified atom stereocenters. The van der Waals surface area contributed by atoms with Crippen LogP contribution in [0.25, 0.3) is 0 Å². The average Bonchev–Trinajstić information content (AvgIpc) is 3.40. The summed E-state index contributed by atoms with van der Waals surface area (Å²) in [5, 5.41) is 6.91. The predicted molar refractivity (Wildman–Crippen MR) is 110 cm³/mol. The molecule has 2 aliphatic rings. The lowest BCUT2D eigenvalue weighted by atomic mass is 9.95. The topological polar surface area (TPSA) is 79.9 Å². The number of carbonyl (C=O) groups is 1. The van der Waals surface area contributed by atoms with Crippen molar-refractivity contribution in [2.24, 2.45) is 5.92 Å². The fourth-order valence-corrected chi connectivity index (χ4v) is 4.31. The van der Waals surface area contributed by atoms with Gasteiger partial charge in [-0.25, -0.2) is 4.79 Å². The van der Waals surface area contributed by atoms with Crippen LogP contribution in [-0.4, -0.2) is 91.7 Å². The van der Waals surface area contributed by atoms with Crippen LogP contribution in [0.5, 0.6) is 0 Å². The lowest BCUT2D eigenvalue weighted by Crippen LogP contribution is -2.41. The highest BCUT2D eigenvalue weighted by molar-refractivity contribution is 5.88. The maximum absolute atomic E-state index is 12.2. The highest BCUT2D eigenvalue weighted by Gasteiger charge is 2.26. The molecular weight excluding hydrogens is 372 g/mol. The Balaban J connectivity index is 1.58. The van der Waals surface area contributed by atoms with Gasteiger partial charge < -0.3 is 19.1 Å². The zero-order chi connectivity index (χ0) is 20.5. The summed E-state index contributed by atoms with van der Waals surface area (Å²) in [6, 6.07) is 0. The summed E-state index contributed by atoms with van der Waals surface area (Å²) in [4.78, 5) is 17.1. The Kier molecular flexibility index (Phi) is 8.92. The molecular formula is C21H36N4O4. The van der Waals surface area contributed by atoms with E-state index in [2.05, 4.69) is 20.0 Å². The number of rotatable bonds is 11. The summed E-state index contributed by atoms with van der Waals surface area (Å²) in [6.07, 6.45) is 6.68. The van der Waals surface area contributed by atoms with Gasteiger partial charge in [-0.2, -0.15) is 5.10 Å². The fraction of sp³-hybridized carbons (Fsp3) is 0.810. The van der Waals surface area contributed by atoms with Gasteiger partial charge in [0.15, 0.2) is 0 Å². The second kappa shape index (κ2) is 11.6. The number of H-pyrrole nitrogens is 1. The van der Waals surface area contributed by atoms with Gasteiger partial charge in [-0.3, -0.25) is 10.00 Å². The lowest BCUT2D eigenvalue weighted by molar-refractivity contribution is 0.0502. The summed E-state index contributed by atoms with van der Waals surface area (Å²) in [5.41, 5.74) is 1.37. The number of hydrogen-bond donors (Lipinski definition) is 1. The Morgan fingerprint density at radius 2 is 2.17 bits per heavy atom. The number of aromatic amines is 1. The molecule has 1 aromatic heterocycles. The molecule has 0 radical (unpaired) electrons. The molecule has 0 aliphatic carbocycles. The van der Waals surface area contributed by atoms with Crippen molar-refractivity contribution >= 4 is 5.97 Å². The van der Waals surface area contributed by atoms with Crippen molar-refractivity contribution in [3.8, 4) is 0 Å². The molecule has 3 heterocycles. The van der Waals surface area contributed by atoms with Crippen molar-refractivity contribution in [1.29, 1.82) is 0 Å². The molecule has 8 heteroatoms. The van der Waals surface area contributed by atoms with E-state index in [1.165, 1.54) is 12.8 Å². The molecule has 0 spiro atoms. The quantitative estimate of drug-likeness (QED) is 0.561. The van der Waals surface area contributed by atoms with E-state index in [9.17, 15) is 4.79 Å². The first-order chi connectivity index (χ1) is 14.2. The van der Waals surface area contributed by atoms with Gasteiger partial charge >= 0.3 is 5.97 Å². The van der Waals surface area contributed by atoms with Crippen LogP contribution in [0.4, 0.5) is 0 Å². The number of likely N-dealkylation sites (tertiary alicyclic amines) is 1. The summed E-state index contributed by atoms with van der Waals surface area (Å²) in [6.45, 7) is 9.71. The molecule has 1 N–H and O–H groups in total. The minimum atomic E-state index is -0.330. The van der Waals surface area contributed by atoms with Crippen LogP contribution in [0.15, 0.2) is 6.20 Å². The van der Waals surface area contributed by atoms with Crippen molar-refractivity contribution in [3.05, 3.63) is 17.5 Å². The summed E-state index contributed by atoms with van der Waals surface area (Å²) >= 11 is 0. The molecule has 2 fully saturated rings. The van der Waals surface area contributed by atoms with Gasteiger partial charge in [-0.1, -0.05) is 0 Å². The molecule has 1 aromatic rings. The molecule has 0 aromatic carbocycles. The molecule has 0 saturated carbocycles. The smallest absolute Gasteiger partial charge is 0.356 e. The highest BCUT2D eigenvalue weighted by Crippen LogP contribution is 2.22. The molecule has 0 bridgehead atoms. The van der Waals surface area contributed by atoms with Crippen LogP contribution in [0.1, 0.15) is 48.7 Å². The number of nitrogens with one attached hydrogen (secondary N) is 1. The second-order valence-electron chi connectivity index (χ2n) is 8.10. The Bertz CT molecular complexity index is 610. The predicted octanol–water partition coefficient (Wildman–Crippen LogP) is 1.93. The number of esters is 1. The summed E-state index contributed by atoms with van der Waals surface area (Å²) in [5.74, 6) is 0.330. The Labute approximate surface area is 173 Å². The van der Waals surface area contributed by atoms with Crippen molar-refractivity contribution in [1.82, 2.24) is 20.0 Å². The van der Waals surface area contributed by atoms with Gasteiger partial charge in [0.25, 0.3) is 0 Å². The monoisotopic (exact) mass is 408 g/mol. The molecule has 2 saturated heterocycles. The van der Waals surface area contributed by atoms with Crippen molar-refractivity contribution in [2.45, 2.75) is 45.3 Å². The molecule has 1 atom stereocenters. The Morgan fingerprint density at radius 1 is 1.34 bits per heavy atom. The van der Waals surface area contributed by atoms with E-state index in [1.54, 1.807) is 13.3 Å². The molecule has 164 valence electrons. The molecule has 8 nitrogen and oxygen atoms in total. The maximum atomic E-state index is 12.2. The van der Waals surface area contributed by atoms with Crippen LogP contribution in [0, 0.1) is 5.92 Å². The lowest BCUT2D eigenvalue weighted by Gasteiger charge is -2.35. The summed E-state index contributed by atoms with van der Waals surface area (Å²) < 4.78 is 16.3. The van der Waals surface area contributed by atoms with E-state index < -0.39 is 0 Å². The zero-order valence-corrected chi connectivity index (χ0v) is 17.9. The van der Waals surface area contributed by atoms with Gasteiger partial charge in [-0.15, -0.1) is 0 Å². The van der Waals surface area contributed by atoms with E-state index >= 15 is 0 Å². The fourth-order valence-electron chi connectivity index (χ4n) is 4.31. The Hall–Kier alpha value is -1.48. The van der Waals surface area contributed by atoms with Gasteiger partial charge in [0, 0.05) is 45.5 Å². The number of aromatic nitrogens is 2. The van der Waals surface area contributed by atoms with Crippen molar-refractivity contribution in [2.75, 3.05) is 59.7 Å². The maximum Gasteiger partial charge on any atom is 0.356 e. The van der Waals surface area contributed by atoms with E-state index in [0.717, 1.165) is 64.3 Å². The minimum absolute atomic E-state index is 0.287. The largest absolute Gasteiger partial charge is 0.461 e. The van der Waals surface area contributed by atoms with E-state index in [-0.39, 0.29) is 12.1 Å². The number of methoxy groups -OCH3 is 1. The summed E-state index contributed by atoms with van der Waals surface area (Å²) in [7, 11) is 1.76. The van der Waals surface area contributed by atoms with Crippen LogP contribution in [0.2, 0.25) is 0 Å². The van der Waals surface area contributed by atoms with Gasteiger partial charge in [-0.05, 0) is 51.6 Å². The average molecular weight is 409 g/mol. The van der Waals surface area contributed by atoms with Crippen molar-refractivity contribution in [3.63, 3.8) is 0 Å². The number of nitrogens with zero attached hydrogens (tertiary/aromatic N) is 3. The molecule has 3 rings (SSSR count). The number of hydrogen-bond acceptors (Lipinski definition) is 7. The molecule has 29 heavy (non-hydrogen) atoms. The third kappa shape index (κ3) is 6.77. The van der Waals surface area contributed by atoms with Crippen molar-refractivity contribution < 1.29 is 19.0 Å². The number of carbonyl (C=O) groups excluding carboxylic acids is 1. The standard InChI is InChI=1S/C21H36N4O4/c1-3-28-21(26)20-18(13-22-23-20)15-25(16-19-5-4-11-29-19)14-17-6-8-24(9-7-17)10-12-27-2/h13,17,19H,3-12,14-16H2,1-2H3,(H,22,23). The minimum Gasteiger partial charge on any atom is -0.461 e. The van der Waals surface area contributed by atoms with Crippen LogP contribution in [0.3, 0.4) is 0 Å². The number of piperidine rings is 1. The highest BCUT2D eigenvalue weighted by atomic mass is 16.5. The molecule has 0 amide bonds. The SMILES string of the molecule is CCOC(=O)c1[nH]ncc1CN(CC1CCN(CCOC)CC1)CC1CCCO1. The zero-order valence-electron chi connectivity index (χ0n) is 17.9. The third-order valence-corrected chi connectivity index (χ3v) is 5.91. The Morgan fingerprint density at radius 3 is 2.86 bits per heavy atom. The van der Waals surface area contributed by atoms with Crippen LogP contribution >= 0.6 is 0 Å². The molecule has 2 aliphatic heterocycles. The first-order valence-corrected chi connectivity index (χ1v) is 10.9. The number of ether oxygens (including phenoxy) is 3. The normalized spacial score (nSPS) is 21.1. The van der Waals surface area contributed by atoms with Crippen LogP contribution < -0.4 is 0 Å².